The number of nitrogens with zero attached hydrogens (tertiary/aromatic N) is 4. The van der Waals surface area contributed by atoms with Crippen molar-refractivity contribution >= 4 is 38.8 Å². The van der Waals surface area contributed by atoms with Crippen molar-refractivity contribution in [3.8, 4) is 5.69 Å². The molecule has 2 aromatic heterocycles. The third-order valence-corrected chi connectivity index (χ3v) is 4.61. The highest BCUT2D eigenvalue weighted by molar-refractivity contribution is 9.10. The zero-order valence-corrected chi connectivity index (χ0v) is 15.0. The molecule has 4 rings (SSSR count). The van der Waals surface area contributed by atoms with Crippen molar-refractivity contribution < 1.29 is 4.79 Å². The number of amides is 1. The van der Waals surface area contributed by atoms with E-state index in [0.717, 1.165) is 15.7 Å². The molecule has 1 amide bonds. The van der Waals surface area contributed by atoms with E-state index in [2.05, 4.69) is 36.3 Å². The molecular weight excluding hydrogens is 388 g/mol. The smallest absolute Gasteiger partial charge is 0.263 e. The molecule has 0 bridgehead atoms. The first-order valence-corrected chi connectivity index (χ1v) is 8.58. The number of nitrogens with one attached hydrogen (secondary N) is 2. The van der Waals surface area contributed by atoms with Crippen molar-refractivity contribution in [2.45, 2.75) is 6.92 Å². The first-order chi connectivity index (χ1) is 12.0. The van der Waals surface area contributed by atoms with Gasteiger partial charge in [-0.05, 0) is 30.7 Å². The summed E-state index contributed by atoms with van der Waals surface area (Å²) >= 11 is 3.44. The predicted octanol–water partition coefficient (Wildman–Crippen LogP) is 1.12. The zero-order valence-electron chi connectivity index (χ0n) is 13.4. The maximum atomic E-state index is 12.4. The first kappa shape index (κ1) is 15.8. The van der Waals surface area contributed by atoms with Gasteiger partial charge in [0.15, 0.2) is 5.65 Å². The van der Waals surface area contributed by atoms with Crippen molar-refractivity contribution in [1.29, 1.82) is 0 Å². The number of aryl methyl sites for hydroxylation is 1. The van der Waals surface area contributed by atoms with E-state index in [0.29, 0.717) is 30.1 Å². The van der Waals surface area contributed by atoms with Gasteiger partial charge in [-0.25, -0.2) is 4.68 Å². The molecule has 3 aromatic rings. The number of benzene rings is 1. The van der Waals surface area contributed by atoms with Crippen LogP contribution in [0.3, 0.4) is 0 Å². The number of piperazine rings is 1. The highest BCUT2D eigenvalue weighted by Crippen LogP contribution is 2.20. The van der Waals surface area contributed by atoms with E-state index in [4.69, 9.17) is 0 Å². The lowest BCUT2D eigenvalue weighted by molar-refractivity contribution is -0.120. The van der Waals surface area contributed by atoms with Crippen LogP contribution in [-0.4, -0.2) is 45.3 Å². The fourth-order valence-electron chi connectivity index (χ4n) is 2.87. The van der Waals surface area contributed by atoms with Gasteiger partial charge in [-0.2, -0.15) is 4.98 Å². The summed E-state index contributed by atoms with van der Waals surface area (Å²) in [6.45, 7) is 3.25. The molecule has 0 saturated carbocycles. The molecule has 0 spiro atoms. The Morgan fingerprint density at radius 1 is 1.28 bits per heavy atom. The van der Waals surface area contributed by atoms with Gasteiger partial charge < -0.3 is 10.2 Å². The number of hydrogen-bond donors (Lipinski definition) is 2. The van der Waals surface area contributed by atoms with Crippen molar-refractivity contribution in [1.82, 2.24) is 25.1 Å². The van der Waals surface area contributed by atoms with Gasteiger partial charge in [0.2, 0.25) is 11.9 Å². The largest absolute Gasteiger partial charge is 0.353 e. The molecule has 0 aliphatic carbocycles. The van der Waals surface area contributed by atoms with Gasteiger partial charge >= 0.3 is 0 Å². The highest BCUT2D eigenvalue weighted by Gasteiger charge is 2.20. The molecule has 0 unspecified atom stereocenters. The van der Waals surface area contributed by atoms with Crippen LogP contribution in [0.5, 0.6) is 0 Å². The SMILES string of the molecule is Cc1cc(Br)ccc1-n1cc2c(=O)[nH]c(N3CCNC(=O)C3)nc2n1. The maximum absolute atomic E-state index is 12.4. The van der Waals surface area contributed by atoms with Crippen LogP contribution < -0.4 is 15.8 Å². The average Bonchev–Trinajstić information content (AvgIpc) is 2.99. The minimum absolute atomic E-state index is 0.0926. The number of H-pyrrole nitrogens is 1. The topological polar surface area (TPSA) is 95.9 Å². The van der Waals surface area contributed by atoms with Crippen LogP contribution in [-0.2, 0) is 4.79 Å². The summed E-state index contributed by atoms with van der Waals surface area (Å²) in [5, 5.41) is 7.61. The molecule has 2 N–H and O–H groups in total. The Balaban J connectivity index is 1.79. The monoisotopic (exact) mass is 402 g/mol. The fraction of sp³-hybridized carbons (Fsp3) is 0.250. The zero-order chi connectivity index (χ0) is 17.6. The summed E-state index contributed by atoms with van der Waals surface area (Å²) in [4.78, 5) is 32.9. The van der Waals surface area contributed by atoms with Crippen LogP contribution in [0.15, 0.2) is 33.7 Å². The summed E-state index contributed by atoms with van der Waals surface area (Å²) in [5.41, 5.74) is 1.98. The minimum atomic E-state index is -0.271. The molecule has 3 heterocycles. The summed E-state index contributed by atoms with van der Waals surface area (Å²) < 4.78 is 2.63. The minimum Gasteiger partial charge on any atom is -0.353 e. The second-order valence-corrected chi connectivity index (χ2v) is 6.82. The Kier molecular flexibility index (Phi) is 3.79. The number of hydrogen-bond acceptors (Lipinski definition) is 5. The third-order valence-electron chi connectivity index (χ3n) is 4.12. The van der Waals surface area contributed by atoms with Gasteiger partial charge in [0, 0.05) is 23.8 Å². The number of aromatic amines is 1. The number of fused-ring (bicyclic) bond motifs is 1. The number of rotatable bonds is 2. The highest BCUT2D eigenvalue weighted by atomic mass is 79.9. The standard InChI is InChI=1S/C16H15BrN6O2/c1-9-6-10(17)2-3-12(9)23-7-11-14(21-23)19-16(20-15(11)25)22-5-4-18-13(24)8-22/h2-3,6-7H,4-5,8H2,1H3,(H,18,24)(H,19,20,21,25). The summed E-state index contributed by atoms with van der Waals surface area (Å²) in [7, 11) is 0. The van der Waals surface area contributed by atoms with E-state index in [1.807, 2.05) is 25.1 Å². The van der Waals surface area contributed by atoms with Gasteiger partial charge in [-0.15, -0.1) is 5.10 Å². The van der Waals surface area contributed by atoms with Crippen LogP contribution >= 0.6 is 15.9 Å². The molecule has 0 atom stereocenters. The Bertz CT molecular complexity index is 1040. The molecule has 25 heavy (non-hydrogen) atoms. The van der Waals surface area contributed by atoms with Gasteiger partial charge in [0.1, 0.15) is 5.39 Å². The van der Waals surface area contributed by atoms with Crippen LogP contribution in [0.4, 0.5) is 5.95 Å². The normalized spacial score (nSPS) is 14.8. The van der Waals surface area contributed by atoms with E-state index < -0.39 is 0 Å². The Morgan fingerprint density at radius 2 is 2.12 bits per heavy atom. The van der Waals surface area contributed by atoms with Crippen molar-refractivity contribution in [3.63, 3.8) is 0 Å². The summed E-state index contributed by atoms with van der Waals surface area (Å²) in [5.74, 6) is 0.273. The van der Waals surface area contributed by atoms with Gasteiger partial charge in [0.25, 0.3) is 5.56 Å². The second kappa shape index (κ2) is 5.99. The first-order valence-electron chi connectivity index (χ1n) is 7.79. The van der Waals surface area contributed by atoms with Gasteiger partial charge in [-0.1, -0.05) is 15.9 Å². The molecule has 1 aromatic carbocycles. The number of halogens is 1. The van der Waals surface area contributed by atoms with Crippen molar-refractivity contribution in [3.05, 3.63) is 44.8 Å². The van der Waals surface area contributed by atoms with E-state index in [9.17, 15) is 9.59 Å². The molecule has 1 aliphatic rings. The van der Waals surface area contributed by atoms with Crippen molar-refractivity contribution in [2.24, 2.45) is 0 Å². The number of carbonyl (C=O) groups is 1. The van der Waals surface area contributed by atoms with E-state index in [1.54, 1.807) is 15.8 Å². The average molecular weight is 403 g/mol. The summed E-state index contributed by atoms with van der Waals surface area (Å²) in [6, 6.07) is 5.83. The van der Waals surface area contributed by atoms with Crippen molar-refractivity contribution in [2.75, 3.05) is 24.5 Å². The molecule has 128 valence electrons. The predicted molar refractivity (Wildman–Crippen MR) is 97.1 cm³/mol. The molecule has 8 nitrogen and oxygen atoms in total. The van der Waals surface area contributed by atoms with E-state index in [1.165, 1.54) is 0 Å². The van der Waals surface area contributed by atoms with Crippen LogP contribution in [0, 0.1) is 6.92 Å². The third kappa shape index (κ3) is 2.91. The Morgan fingerprint density at radius 3 is 2.88 bits per heavy atom. The van der Waals surface area contributed by atoms with Crippen LogP contribution in [0.2, 0.25) is 0 Å². The molecular formula is C16H15BrN6O2. The van der Waals surface area contributed by atoms with Crippen LogP contribution in [0.25, 0.3) is 16.7 Å². The van der Waals surface area contributed by atoms with Crippen LogP contribution in [0.1, 0.15) is 5.56 Å². The lowest BCUT2D eigenvalue weighted by Gasteiger charge is -2.26. The summed E-state index contributed by atoms with van der Waals surface area (Å²) in [6.07, 6.45) is 1.67. The van der Waals surface area contributed by atoms with E-state index in [-0.39, 0.29) is 18.0 Å². The Hall–Kier alpha value is -2.68. The molecule has 9 heteroatoms. The van der Waals surface area contributed by atoms with Gasteiger partial charge in [-0.3, -0.25) is 14.6 Å². The quantitative estimate of drug-likeness (QED) is 0.669. The molecule has 0 radical (unpaired) electrons. The number of anilines is 1. The van der Waals surface area contributed by atoms with Gasteiger partial charge in [0.05, 0.1) is 12.2 Å². The fourth-order valence-corrected chi connectivity index (χ4v) is 3.35. The number of carbonyl (C=O) groups excluding carboxylic acids is 1. The molecule has 1 saturated heterocycles. The number of aromatic nitrogens is 4. The lowest BCUT2D eigenvalue weighted by Crippen LogP contribution is -2.48. The van der Waals surface area contributed by atoms with E-state index >= 15 is 0 Å². The molecule has 1 fully saturated rings. The second-order valence-electron chi connectivity index (χ2n) is 5.90. The molecule has 1 aliphatic heterocycles. The lowest BCUT2D eigenvalue weighted by atomic mass is 10.2. The maximum Gasteiger partial charge on any atom is 0.263 e. The Labute approximate surface area is 151 Å².